The van der Waals surface area contributed by atoms with Crippen LogP contribution >= 0.6 is 0 Å². The van der Waals surface area contributed by atoms with Gasteiger partial charge in [0.05, 0.1) is 12.5 Å². The molecule has 1 atom stereocenters. The highest BCUT2D eigenvalue weighted by Gasteiger charge is 2.28. The number of carbonyl (C=O) groups is 1. The Labute approximate surface area is 112 Å². The molecule has 1 saturated carbocycles. The zero-order valence-electron chi connectivity index (χ0n) is 12.0. The first-order chi connectivity index (χ1) is 8.79. The second-order valence-electron chi connectivity index (χ2n) is 5.52. The lowest BCUT2D eigenvalue weighted by molar-refractivity contribution is -0.151. The summed E-state index contributed by atoms with van der Waals surface area (Å²) in [6.45, 7) is 6.73. The molecule has 2 heteroatoms. The third kappa shape index (κ3) is 5.41. The predicted octanol–water partition coefficient (Wildman–Crippen LogP) is 4.53. The number of ether oxygens (including phenoxy) is 1. The lowest BCUT2D eigenvalue weighted by Crippen LogP contribution is -2.27. The summed E-state index contributed by atoms with van der Waals surface area (Å²) in [5.41, 5.74) is 0. The predicted molar refractivity (Wildman–Crippen MR) is 75.1 cm³/mol. The number of rotatable bonds is 8. The zero-order valence-corrected chi connectivity index (χ0v) is 12.0. The van der Waals surface area contributed by atoms with E-state index in [1.807, 2.05) is 0 Å². The average Bonchev–Trinajstić information content (AvgIpc) is 2.40. The van der Waals surface area contributed by atoms with Gasteiger partial charge in [0.15, 0.2) is 0 Å². The number of hydrogen-bond donors (Lipinski definition) is 0. The summed E-state index contributed by atoms with van der Waals surface area (Å²) >= 11 is 0. The molecule has 1 aliphatic rings. The lowest BCUT2D eigenvalue weighted by Gasteiger charge is -2.28. The van der Waals surface area contributed by atoms with Crippen LogP contribution in [0.5, 0.6) is 0 Å². The van der Waals surface area contributed by atoms with Crippen molar-refractivity contribution in [3.05, 3.63) is 6.92 Å². The number of hydrogen-bond acceptors (Lipinski definition) is 2. The molecule has 0 N–H and O–H groups in total. The standard InChI is InChI=1S/C16H29O2/c1-3-5-6-10-13-18-16(17)15(4-2)14-11-8-7-9-12-14/h14-15H,2-13H2,1H3. The van der Waals surface area contributed by atoms with Crippen molar-refractivity contribution in [3.8, 4) is 0 Å². The molecule has 0 aliphatic heterocycles. The Morgan fingerprint density at radius 3 is 2.56 bits per heavy atom. The van der Waals surface area contributed by atoms with Crippen LogP contribution in [0.15, 0.2) is 0 Å². The fourth-order valence-electron chi connectivity index (χ4n) is 2.89. The normalized spacial score (nSPS) is 18.6. The molecule has 105 valence electrons. The Bertz CT molecular complexity index is 219. The Hall–Kier alpha value is -0.530. The molecule has 18 heavy (non-hydrogen) atoms. The van der Waals surface area contributed by atoms with Gasteiger partial charge in [0.2, 0.25) is 0 Å². The molecule has 0 aromatic rings. The summed E-state index contributed by atoms with van der Waals surface area (Å²) in [5, 5.41) is 0. The van der Waals surface area contributed by atoms with E-state index in [4.69, 9.17) is 4.74 Å². The second-order valence-corrected chi connectivity index (χ2v) is 5.52. The third-order valence-corrected chi connectivity index (χ3v) is 4.07. The second kappa shape index (κ2) is 9.41. The first kappa shape index (κ1) is 15.5. The number of esters is 1. The van der Waals surface area contributed by atoms with Gasteiger partial charge in [-0.2, -0.15) is 0 Å². The lowest BCUT2D eigenvalue weighted by atomic mass is 9.79. The van der Waals surface area contributed by atoms with Crippen LogP contribution < -0.4 is 0 Å². The van der Waals surface area contributed by atoms with Crippen LogP contribution in [0.3, 0.4) is 0 Å². The van der Waals surface area contributed by atoms with E-state index in [-0.39, 0.29) is 11.9 Å². The van der Waals surface area contributed by atoms with Crippen LogP contribution in [0.25, 0.3) is 0 Å². The summed E-state index contributed by atoms with van der Waals surface area (Å²) in [6.07, 6.45) is 11.6. The van der Waals surface area contributed by atoms with Crippen LogP contribution in [0, 0.1) is 18.8 Å². The van der Waals surface area contributed by atoms with Gasteiger partial charge >= 0.3 is 5.97 Å². The maximum absolute atomic E-state index is 12.0. The van der Waals surface area contributed by atoms with Crippen LogP contribution in [-0.2, 0) is 9.53 Å². The molecule has 1 unspecified atom stereocenters. The van der Waals surface area contributed by atoms with Gasteiger partial charge in [0.25, 0.3) is 0 Å². The maximum Gasteiger partial charge on any atom is 0.309 e. The maximum atomic E-state index is 12.0. The highest BCUT2D eigenvalue weighted by Crippen LogP contribution is 2.32. The highest BCUT2D eigenvalue weighted by atomic mass is 16.5. The van der Waals surface area contributed by atoms with Crippen molar-refractivity contribution in [3.63, 3.8) is 0 Å². The van der Waals surface area contributed by atoms with E-state index in [9.17, 15) is 4.79 Å². The van der Waals surface area contributed by atoms with Gasteiger partial charge in [-0.3, -0.25) is 4.79 Å². The van der Waals surface area contributed by atoms with E-state index < -0.39 is 0 Å². The van der Waals surface area contributed by atoms with E-state index in [2.05, 4.69) is 13.8 Å². The molecule has 0 aromatic carbocycles. The van der Waals surface area contributed by atoms with Crippen molar-refractivity contribution < 1.29 is 9.53 Å². The molecule has 0 spiro atoms. The van der Waals surface area contributed by atoms with Crippen LogP contribution in [0.1, 0.15) is 71.1 Å². The number of unbranched alkanes of at least 4 members (excludes halogenated alkanes) is 3. The summed E-state index contributed by atoms with van der Waals surface area (Å²) < 4.78 is 5.42. The van der Waals surface area contributed by atoms with E-state index in [1.54, 1.807) is 0 Å². The molecule has 0 heterocycles. The number of carbonyl (C=O) groups excluding carboxylic acids is 1. The Morgan fingerprint density at radius 1 is 1.22 bits per heavy atom. The van der Waals surface area contributed by atoms with Crippen molar-refractivity contribution in [2.24, 2.45) is 11.8 Å². The van der Waals surface area contributed by atoms with Gasteiger partial charge in [-0.05, 0) is 31.6 Å². The summed E-state index contributed by atoms with van der Waals surface area (Å²) in [4.78, 5) is 12.0. The van der Waals surface area contributed by atoms with Crippen LogP contribution in [0.4, 0.5) is 0 Å². The summed E-state index contributed by atoms with van der Waals surface area (Å²) in [6, 6.07) is 0. The van der Waals surface area contributed by atoms with E-state index >= 15 is 0 Å². The Morgan fingerprint density at radius 2 is 1.94 bits per heavy atom. The molecule has 0 aromatic heterocycles. The summed E-state index contributed by atoms with van der Waals surface area (Å²) in [5.74, 6) is 0.587. The largest absolute Gasteiger partial charge is 0.465 e. The summed E-state index contributed by atoms with van der Waals surface area (Å²) in [7, 11) is 0. The minimum Gasteiger partial charge on any atom is -0.465 e. The third-order valence-electron chi connectivity index (χ3n) is 4.07. The highest BCUT2D eigenvalue weighted by molar-refractivity contribution is 5.72. The van der Waals surface area contributed by atoms with Gasteiger partial charge in [0.1, 0.15) is 0 Å². The fraction of sp³-hybridized carbons (Fsp3) is 0.875. The van der Waals surface area contributed by atoms with Crippen molar-refractivity contribution in [1.29, 1.82) is 0 Å². The fourth-order valence-corrected chi connectivity index (χ4v) is 2.89. The molecule has 0 saturated heterocycles. The van der Waals surface area contributed by atoms with Crippen molar-refractivity contribution in [1.82, 2.24) is 0 Å². The molecule has 0 bridgehead atoms. The monoisotopic (exact) mass is 253 g/mol. The SMILES string of the molecule is [CH2]CC(C(=O)OCCCCCC)C1CCCCC1. The van der Waals surface area contributed by atoms with E-state index in [1.165, 1.54) is 51.4 Å². The first-order valence-corrected chi connectivity index (χ1v) is 7.75. The van der Waals surface area contributed by atoms with Crippen molar-refractivity contribution >= 4 is 5.97 Å². The molecule has 0 amide bonds. The molecule has 1 radical (unpaired) electrons. The smallest absolute Gasteiger partial charge is 0.309 e. The van der Waals surface area contributed by atoms with Gasteiger partial charge in [-0.15, -0.1) is 0 Å². The molecular formula is C16H29O2. The van der Waals surface area contributed by atoms with Crippen molar-refractivity contribution in [2.45, 2.75) is 71.1 Å². The molecule has 2 nitrogen and oxygen atoms in total. The average molecular weight is 253 g/mol. The molecule has 1 aliphatic carbocycles. The Balaban J connectivity index is 2.23. The first-order valence-electron chi connectivity index (χ1n) is 7.75. The van der Waals surface area contributed by atoms with E-state index in [0.29, 0.717) is 18.9 Å². The quantitative estimate of drug-likeness (QED) is 0.469. The molecule has 1 fully saturated rings. The topological polar surface area (TPSA) is 26.3 Å². The minimum absolute atomic E-state index is 0.00778. The van der Waals surface area contributed by atoms with Crippen molar-refractivity contribution in [2.75, 3.05) is 6.61 Å². The van der Waals surface area contributed by atoms with E-state index in [0.717, 1.165) is 6.42 Å². The molecular weight excluding hydrogens is 224 g/mol. The molecule has 1 rings (SSSR count). The van der Waals surface area contributed by atoms with Gasteiger partial charge in [-0.25, -0.2) is 0 Å². The van der Waals surface area contributed by atoms with Gasteiger partial charge in [0, 0.05) is 0 Å². The van der Waals surface area contributed by atoms with Crippen LogP contribution in [-0.4, -0.2) is 12.6 Å². The van der Waals surface area contributed by atoms with Crippen LogP contribution in [0.2, 0.25) is 0 Å². The Kier molecular flexibility index (Phi) is 8.11. The minimum atomic E-state index is 0.00778. The zero-order chi connectivity index (χ0) is 13.2. The van der Waals surface area contributed by atoms with Gasteiger partial charge < -0.3 is 4.74 Å². The van der Waals surface area contributed by atoms with Gasteiger partial charge in [-0.1, -0.05) is 52.4 Å².